The van der Waals surface area contributed by atoms with E-state index in [1.807, 2.05) is 12.4 Å². The molecule has 0 bridgehead atoms. The fourth-order valence-electron chi connectivity index (χ4n) is 4.49. The van der Waals surface area contributed by atoms with Gasteiger partial charge >= 0.3 is 0 Å². The lowest BCUT2D eigenvalue weighted by atomic mass is 9.78. The van der Waals surface area contributed by atoms with Crippen LogP contribution in [-0.2, 0) is 12.0 Å². The smallest absolute Gasteiger partial charge is 0.223 e. The van der Waals surface area contributed by atoms with Crippen molar-refractivity contribution in [3.63, 3.8) is 0 Å². The second kappa shape index (κ2) is 6.75. The third-order valence-corrected chi connectivity index (χ3v) is 5.84. The SMILES string of the molecule is CCCCN1CCc2[nH]cnc2C12CCN(c1cc(N)nc(N)n1)CC2. The van der Waals surface area contributed by atoms with Crippen LogP contribution in [0.3, 0.4) is 0 Å². The Bertz CT molecular complexity index is 742. The van der Waals surface area contributed by atoms with E-state index in [0.717, 1.165) is 51.3 Å². The lowest BCUT2D eigenvalue weighted by Gasteiger charge is -2.51. The molecule has 0 atom stereocenters. The van der Waals surface area contributed by atoms with Gasteiger partial charge in [0.25, 0.3) is 0 Å². The summed E-state index contributed by atoms with van der Waals surface area (Å²) in [5.41, 5.74) is 14.2. The van der Waals surface area contributed by atoms with Crippen molar-refractivity contribution in [1.29, 1.82) is 0 Å². The van der Waals surface area contributed by atoms with E-state index < -0.39 is 0 Å². The van der Waals surface area contributed by atoms with Gasteiger partial charge in [-0.3, -0.25) is 4.90 Å². The van der Waals surface area contributed by atoms with Crippen molar-refractivity contribution in [1.82, 2.24) is 24.8 Å². The molecule has 0 unspecified atom stereocenters. The summed E-state index contributed by atoms with van der Waals surface area (Å²) in [7, 11) is 0. The van der Waals surface area contributed by atoms with E-state index in [-0.39, 0.29) is 11.5 Å². The summed E-state index contributed by atoms with van der Waals surface area (Å²) in [6.45, 7) is 6.30. The molecule has 26 heavy (non-hydrogen) atoms. The van der Waals surface area contributed by atoms with Crippen LogP contribution in [0.25, 0.3) is 0 Å². The van der Waals surface area contributed by atoms with Crippen LogP contribution in [0.5, 0.6) is 0 Å². The van der Waals surface area contributed by atoms with Gasteiger partial charge in [-0.05, 0) is 25.8 Å². The van der Waals surface area contributed by atoms with E-state index in [9.17, 15) is 0 Å². The summed E-state index contributed by atoms with van der Waals surface area (Å²) in [4.78, 5) is 21.4. The van der Waals surface area contributed by atoms with E-state index in [1.165, 1.54) is 24.2 Å². The highest BCUT2D eigenvalue weighted by Gasteiger charge is 2.46. The molecular formula is C18H28N8. The van der Waals surface area contributed by atoms with Crippen LogP contribution in [0.1, 0.15) is 44.0 Å². The molecule has 1 saturated heterocycles. The molecule has 0 radical (unpaired) electrons. The maximum Gasteiger partial charge on any atom is 0.223 e. The zero-order valence-electron chi connectivity index (χ0n) is 15.4. The van der Waals surface area contributed by atoms with E-state index in [4.69, 9.17) is 16.5 Å². The Balaban J connectivity index is 1.58. The van der Waals surface area contributed by atoms with E-state index in [1.54, 1.807) is 0 Å². The van der Waals surface area contributed by atoms with Crippen molar-refractivity contribution in [2.24, 2.45) is 0 Å². The topological polar surface area (TPSA) is 113 Å². The second-order valence-corrected chi connectivity index (χ2v) is 7.35. The van der Waals surface area contributed by atoms with Gasteiger partial charge in [-0.2, -0.15) is 9.97 Å². The van der Waals surface area contributed by atoms with Gasteiger partial charge in [-0.15, -0.1) is 0 Å². The highest BCUT2D eigenvalue weighted by molar-refractivity contribution is 5.51. The predicted octanol–water partition coefficient (Wildman–Crippen LogP) is 1.52. The third-order valence-electron chi connectivity index (χ3n) is 5.84. The van der Waals surface area contributed by atoms with Crippen molar-refractivity contribution >= 4 is 17.6 Å². The van der Waals surface area contributed by atoms with E-state index in [2.05, 4.69) is 31.7 Å². The van der Waals surface area contributed by atoms with E-state index >= 15 is 0 Å². The molecule has 2 aromatic rings. The maximum atomic E-state index is 5.85. The van der Waals surface area contributed by atoms with Gasteiger partial charge in [-0.1, -0.05) is 13.3 Å². The molecule has 0 aliphatic carbocycles. The molecule has 4 heterocycles. The van der Waals surface area contributed by atoms with Gasteiger partial charge in [0.05, 0.1) is 17.6 Å². The molecule has 8 nitrogen and oxygen atoms in total. The Kier molecular flexibility index (Phi) is 4.44. The number of nitrogen functional groups attached to an aromatic ring is 2. The average Bonchev–Trinajstić information content (AvgIpc) is 3.11. The molecular weight excluding hydrogens is 328 g/mol. The van der Waals surface area contributed by atoms with Crippen LogP contribution in [0.2, 0.25) is 0 Å². The number of H-pyrrole nitrogens is 1. The number of unbranched alkanes of at least 4 members (excludes halogenated alkanes) is 1. The Morgan fingerprint density at radius 1 is 1.19 bits per heavy atom. The van der Waals surface area contributed by atoms with Gasteiger partial charge in [0.2, 0.25) is 5.95 Å². The minimum absolute atomic E-state index is 0.0311. The van der Waals surface area contributed by atoms with Crippen LogP contribution in [0.15, 0.2) is 12.4 Å². The zero-order chi connectivity index (χ0) is 18.1. The summed E-state index contributed by atoms with van der Waals surface area (Å²) in [6.07, 6.45) is 7.41. The minimum Gasteiger partial charge on any atom is -0.383 e. The standard InChI is InChI=1S/C18H28N8/c1-2-3-7-26-8-4-13-16(22-12-21-13)18(26)5-9-25(10-6-18)15-11-14(19)23-17(20)24-15/h11-12H,2-10H2,1H3,(H,21,22)(H4,19,20,23,24). The van der Waals surface area contributed by atoms with Gasteiger partial charge in [-0.25, -0.2) is 4.98 Å². The number of piperidine rings is 1. The molecule has 1 spiro atoms. The number of nitrogens with one attached hydrogen (secondary N) is 1. The first-order valence-electron chi connectivity index (χ1n) is 9.55. The number of nitrogens with zero attached hydrogens (tertiary/aromatic N) is 5. The highest BCUT2D eigenvalue weighted by Crippen LogP contribution is 2.43. The molecule has 140 valence electrons. The van der Waals surface area contributed by atoms with Gasteiger partial charge in [0, 0.05) is 37.8 Å². The molecule has 0 amide bonds. The predicted molar refractivity (Wildman–Crippen MR) is 103 cm³/mol. The van der Waals surface area contributed by atoms with Crippen LogP contribution >= 0.6 is 0 Å². The van der Waals surface area contributed by atoms with Crippen LogP contribution in [-0.4, -0.2) is 51.0 Å². The first-order valence-corrected chi connectivity index (χ1v) is 9.55. The monoisotopic (exact) mass is 356 g/mol. The molecule has 5 N–H and O–H groups in total. The molecule has 2 aliphatic heterocycles. The lowest BCUT2D eigenvalue weighted by Crippen LogP contribution is -2.56. The Hall–Kier alpha value is -2.35. The molecule has 2 aromatic heterocycles. The van der Waals surface area contributed by atoms with Crippen molar-refractivity contribution in [3.05, 3.63) is 23.8 Å². The van der Waals surface area contributed by atoms with Crippen LogP contribution in [0.4, 0.5) is 17.6 Å². The molecule has 4 rings (SSSR count). The second-order valence-electron chi connectivity index (χ2n) is 7.35. The normalized spacial score (nSPS) is 19.7. The fourth-order valence-corrected chi connectivity index (χ4v) is 4.49. The quantitative estimate of drug-likeness (QED) is 0.761. The molecule has 0 aromatic carbocycles. The summed E-state index contributed by atoms with van der Waals surface area (Å²) in [5, 5.41) is 0. The first kappa shape index (κ1) is 17.1. The number of hydrogen-bond donors (Lipinski definition) is 3. The minimum atomic E-state index is 0.0311. The Morgan fingerprint density at radius 3 is 2.73 bits per heavy atom. The summed E-state index contributed by atoms with van der Waals surface area (Å²) < 4.78 is 0. The third kappa shape index (κ3) is 2.88. The van der Waals surface area contributed by atoms with Gasteiger partial charge in [0.1, 0.15) is 11.6 Å². The van der Waals surface area contributed by atoms with Crippen molar-refractivity contribution in [2.75, 3.05) is 42.5 Å². The molecule has 1 fully saturated rings. The largest absolute Gasteiger partial charge is 0.383 e. The lowest BCUT2D eigenvalue weighted by molar-refractivity contribution is 0.0431. The number of aromatic amines is 1. The van der Waals surface area contributed by atoms with Gasteiger partial charge < -0.3 is 21.4 Å². The van der Waals surface area contributed by atoms with Gasteiger partial charge in [0.15, 0.2) is 0 Å². The molecule has 0 saturated carbocycles. The fraction of sp³-hybridized carbons (Fsp3) is 0.611. The highest BCUT2D eigenvalue weighted by atomic mass is 15.3. The summed E-state index contributed by atoms with van der Waals surface area (Å²) >= 11 is 0. The molecule has 2 aliphatic rings. The Morgan fingerprint density at radius 2 is 2.00 bits per heavy atom. The van der Waals surface area contributed by atoms with Crippen molar-refractivity contribution in [3.8, 4) is 0 Å². The van der Waals surface area contributed by atoms with E-state index in [0.29, 0.717) is 5.82 Å². The van der Waals surface area contributed by atoms with Crippen LogP contribution in [0, 0.1) is 0 Å². The van der Waals surface area contributed by atoms with Crippen molar-refractivity contribution in [2.45, 2.75) is 44.6 Å². The zero-order valence-corrected chi connectivity index (χ0v) is 15.4. The number of aromatic nitrogens is 4. The number of hydrogen-bond acceptors (Lipinski definition) is 7. The number of rotatable bonds is 4. The number of nitrogens with two attached hydrogens (primary N) is 2. The first-order chi connectivity index (χ1) is 12.6. The number of anilines is 3. The Labute approximate surface area is 154 Å². The summed E-state index contributed by atoms with van der Waals surface area (Å²) in [5.74, 6) is 1.48. The van der Waals surface area contributed by atoms with Crippen LogP contribution < -0.4 is 16.4 Å². The number of fused-ring (bicyclic) bond motifs is 2. The number of imidazole rings is 1. The maximum absolute atomic E-state index is 5.85. The summed E-state index contributed by atoms with van der Waals surface area (Å²) in [6, 6.07) is 1.81. The average molecular weight is 356 g/mol. The van der Waals surface area contributed by atoms with Crippen molar-refractivity contribution < 1.29 is 0 Å². The molecule has 8 heteroatoms.